The van der Waals surface area contributed by atoms with Crippen LogP contribution in [0.3, 0.4) is 0 Å². The van der Waals surface area contributed by atoms with Crippen LogP contribution in [-0.4, -0.2) is 26.4 Å². The summed E-state index contributed by atoms with van der Waals surface area (Å²) >= 11 is 0. The van der Waals surface area contributed by atoms with Crippen LogP contribution in [0, 0.1) is 0 Å². The lowest BCUT2D eigenvalue weighted by atomic mass is 10.4. The van der Waals surface area contributed by atoms with Crippen molar-refractivity contribution in [3.8, 4) is 0 Å². The Morgan fingerprint density at radius 1 is 1.17 bits per heavy atom. The first kappa shape index (κ1) is 11.4. The van der Waals surface area contributed by atoms with E-state index in [-0.39, 0.29) is 0 Å². The normalized spacial score (nSPS) is 16.8. The van der Waals surface area contributed by atoms with Gasteiger partial charge in [-0.05, 0) is 6.42 Å². The van der Waals surface area contributed by atoms with Crippen LogP contribution in [0.15, 0.2) is 24.8 Å². The fourth-order valence-corrected chi connectivity index (χ4v) is 0.672. The van der Waals surface area contributed by atoms with Gasteiger partial charge in [0.25, 0.3) is 0 Å². The van der Waals surface area contributed by atoms with Crippen molar-refractivity contribution >= 4 is 0 Å². The van der Waals surface area contributed by atoms with Crippen LogP contribution in [0.25, 0.3) is 0 Å². The third-order valence-corrected chi connectivity index (χ3v) is 1.25. The maximum atomic E-state index is 4.94. The van der Waals surface area contributed by atoms with E-state index in [2.05, 4.69) is 19.6 Å². The van der Waals surface area contributed by atoms with E-state index < -0.39 is 0 Å². The van der Waals surface area contributed by atoms with Crippen molar-refractivity contribution in [2.24, 2.45) is 0 Å². The Morgan fingerprint density at radius 2 is 1.67 bits per heavy atom. The summed E-state index contributed by atoms with van der Waals surface area (Å²) in [5.41, 5.74) is 0. The van der Waals surface area contributed by atoms with Gasteiger partial charge in [0.05, 0.1) is 26.4 Å². The van der Waals surface area contributed by atoms with Gasteiger partial charge in [0.2, 0.25) is 0 Å². The van der Waals surface area contributed by atoms with Crippen molar-refractivity contribution in [2.45, 2.75) is 13.3 Å². The zero-order valence-corrected chi connectivity index (χ0v) is 7.79. The van der Waals surface area contributed by atoms with Crippen molar-refractivity contribution < 1.29 is 9.47 Å². The zero-order valence-electron chi connectivity index (χ0n) is 7.79. The molecule has 0 amide bonds. The molecule has 0 radical (unpaired) electrons. The van der Waals surface area contributed by atoms with Gasteiger partial charge in [-0.3, -0.25) is 0 Å². The van der Waals surface area contributed by atoms with Crippen LogP contribution in [-0.2, 0) is 9.47 Å². The highest BCUT2D eigenvalue weighted by molar-refractivity contribution is 4.96. The molecule has 70 valence electrons. The van der Waals surface area contributed by atoms with E-state index >= 15 is 0 Å². The van der Waals surface area contributed by atoms with E-state index in [1.807, 2.05) is 6.08 Å². The minimum Gasteiger partial charge on any atom is -0.377 e. The molecule has 2 heteroatoms. The molecule has 0 bridgehead atoms. The molecule has 1 aliphatic rings. The first-order valence-electron chi connectivity index (χ1n) is 4.34. The fourth-order valence-electron chi connectivity index (χ4n) is 0.672. The van der Waals surface area contributed by atoms with E-state index in [0.717, 1.165) is 32.8 Å². The lowest BCUT2D eigenvalue weighted by Gasteiger charge is -2.09. The summed E-state index contributed by atoms with van der Waals surface area (Å²) in [7, 11) is 0. The summed E-state index contributed by atoms with van der Waals surface area (Å²) in [5.74, 6) is 0. The largest absolute Gasteiger partial charge is 0.377 e. The topological polar surface area (TPSA) is 18.5 Å². The first-order valence-corrected chi connectivity index (χ1v) is 4.34. The number of hydrogen-bond donors (Lipinski definition) is 0. The number of rotatable bonds is 2. The fraction of sp³-hybridized carbons (Fsp3) is 0.600. The van der Waals surface area contributed by atoms with Gasteiger partial charge in [-0.15, -0.1) is 0 Å². The van der Waals surface area contributed by atoms with Gasteiger partial charge in [0, 0.05) is 0 Å². The average molecular weight is 170 g/mol. The molecule has 0 aromatic carbocycles. The molecule has 0 aliphatic carbocycles. The predicted octanol–water partition coefficient (Wildman–Crippen LogP) is 2.17. The van der Waals surface area contributed by atoms with Crippen LogP contribution in [0.2, 0.25) is 0 Å². The van der Waals surface area contributed by atoms with Crippen LogP contribution >= 0.6 is 0 Å². The van der Waals surface area contributed by atoms with Gasteiger partial charge in [0.1, 0.15) is 0 Å². The van der Waals surface area contributed by atoms with Gasteiger partial charge in [0.15, 0.2) is 0 Å². The highest BCUT2D eigenvalue weighted by Gasteiger charge is 1.94. The minimum absolute atomic E-state index is 0.778. The summed E-state index contributed by atoms with van der Waals surface area (Å²) in [5, 5.41) is 0. The molecule has 0 aromatic heterocycles. The Hall–Kier alpha value is -0.600. The maximum Gasteiger partial charge on any atom is 0.0701 e. The van der Waals surface area contributed by atoms with E-state index in [4.69, 9.17) is 9.47 Å². The van der Waals surface area contributed by atoms with Crippen molar-refractivity contribution in [1.82, 2.24) is 0 Å². The molecular formula is C10H18O2. The number of ether oxygens (including phenoxy) is 2. The first-order chi connectivity index (χ1) is 5.91. The highest BCUT2D eigenvalue weighted by Crippen LogP contribution is 1.85. The van der Waals surface area contributed by atoms with E-state index in [0.29, 0.717) is 0 Å². The number of hydrogen-bond acceptors (Lipinski definition) is 2. The van der Waals surface area contributed by atoms with E-state index in [1.54, 1.807) is 6.08 Å². The predicted molar refractivity (Wildman–Crippen MR) is 51.3 cm³/mol. The second-order valence-corrected chi connectivity index (χ2v) is 2.30. The number of allylic oxidation sites excluding steroid dienone is 3. The van der Waals surface area contributed by atoms with Crippen LogP contribution in [0.5, 0.6) is 0 Å². The Kier molecular flexibility index (Phi) is 9.88. The highest BCUT2D eigenvalue weighted by atomic mass is 16.6. The summed E-state index contributed by atoms with van der Waals surface area (Å²) in [6.45, 7) is 8.72. The van der Waals surface area contributed by atoms with Gasteiger partial charge in [-0.2, -0.15) is 0 Å². The second kappa shape index (κ2) is 10.4. The van der Waals surface area contributed by atoms with Gasteiger partial charge >= 0.3 is 0 Å². The molecule has 1 saturated heterocycles. The molecule has 1 heterocycles. The zero-order chi connectivity index (χ0) is 9.07. The lowest BCUT2D eigenvalue weighted by molar-refractivity contribution is -0.0334. The van der Waals surface area contributed by atoms with Crippen molar-refractivity contribution in [3.05, 3.63) is 24.8 Å². The van der Waals surface area contributed by atoms with Gasteiger partial charge in [-0.25, -0.2) is 0 Å². The Morgan fingerprint density at radius 3 is 1.83 bits per heavy atom. The second-order valence-electron chi connectivity index (χ2n) is 2.30. The molecule has 0 N–H and O–H groups in total. The molecule has 0 spiro atoms. The third kappa shape index (κ3) is 9.40. The summed E-state index contributed by atoms with van der Waals surface area (Å²) < 4.78 is 9.89. The van der Waals surface area contributed by atoms with Crippen LogP contribution < -0.4 is 0 Å². The molecule has 12 heavy (non-hydrogen) atoms. The molecule has 1 fully saturated rings. The molecule has 0 saturated carbocycles. The molecule has 0 atom stereocenters. The molecule has 1 aliphatic heterocycles. The quantitative estimate of drug-likeness (QED) is 0.591. The van der Waals surface area contributed by atoms with Gasteiger partial charge < -0.3 is 9.47 Å². The molecule has 2 nitrogen and oxygen atoms in total. The van der Waals surface area contributed by atoms with E-state index in [1.165, 1.54) is 0 Å². The Labute approximate surface area is 74.9 Å². The Bertz CT molecular complexity index is 103. The monoisotopic (exact) mass is 170 g/mol. The van der Waals surface area contributed by atoms with E-state index in [9.17, 15) is 0 Å². The third-order valence-electron chi connectivity index (χ3n) is 1.25. The standard InChI is InChI=1S/C6H10.C4H8O2/c1-3-5-6-4-2;1-2-6-4-3-5-1/h3,5-6H,1,4H2,2H3;1-4H2. The molecular weight excluding hydrogens is 152 g/mol. The summed E-state index contributed by atoms with van der Waals surface area (Å²) in [4.78, 5) is 0. The molecule has 1 rings (SSSR count). The van der Waals surface area contributed by atoms with Crippen LogP contribution in [0.1, 0.15) is 13.3 Å². The molecule has 0 unspecified atom stereocenters. The smallest absolute Gasteiger partial charge is 0.0701 e. The maximum absolute atomic E-state index is 4.94. The SMILES string of the molecule is C1COCCO1.C=CC=CCC. The van der Waals surface area contributed by atoms with Crippen molar-refractivity contribution in [1.29, 1.82) is 0 Å². The van der Waals surface area contributed by atoms with Crippen molar-refractivity contribution in [3.63, 3.8) is 0 Å². The van der Waals surface area contributed by atoms with Gasteiger partial charge in [-0.1, -0.05) is 31.7 Å². The average Bonchev–Trinajstić information content (AvgIpc) is 2.18. The lowest BCUT2D eigenvalue weighted by Crippen LogP contribution is -2.16. The summed E-state index contributed by atoms with van der Waals surface area (Å²) in [6.07, 6.45) is 6.89. The molecule has 0 aromatic rings. The minimum atomic E-state index is 0.778. The summed E-state index contributed by atoms with van der Waals surface area (Å²) in [6, 6.07) is 0. The van der Waals surface area contributed by atoms with Crippen LogP contribution in [0.4, 0.5) is 0 Å². The Balaban J connectivity index is 0.000000202. The van der Waals surface area contributed by atoms with Crippen molar-refractivity contribution in [2.75, 3.05) is 26.4 Å².